The zero-order valence-corrected chi connectivity index (χ0v) is 22.4. The van der Waals surface area contributed by atoms with Crippen molar-refractivity contribution in [3.8, 4) is 11.5 Å². The van der Waals surface area contributed by atoms with E-state index in [0.29, 0.717) is 6.61 Å². The molecule has 0 spiro atoms. The highest BCUT2D eigenvalue weighted by atomic mass is 16.5. The molecule has 0 aliphatic carbocycles. The molecule has 3 rings (SSSR count). The van der Waals surface area contributed by atoms with E-state index in [4.69, 9.17) is 9.47 Å². The molecule has 0 aliphatic heterocycles. The Balaban J connectivity index is 1.75. The lowest BCUT2D eigenvalue weighted by Crippen LogP contribution is -2.21. The Morgan fingerprint density at radius 2 is 0.824 bits per heavy atom. The van der Waals surface area contributed by atoms with Gasteiger partial charge in [-0.15, -0.1) is 0 Å². The Hall–Kier alpha value is -2.74. The van der Waals surface area contributed by atoms with Crippen LogP contribution in [-0.4, -0.2) is 13.2 Å². The van der Waals surface area contributed by atoms with Crippen molar-refractivity contribution in [3.05, 3.63) is 95.1 Å². The van der Waals surface area contributed by atoms with Crippen LogP contribution in [0.3, 0.4) is 0 Å². The summed E-state index contributed by atoms with van der Waals surface area (Å²) in [5.74, 6) is 1.87. The van der Waals surface area contributed by atoms with E-state index in [-0.39, 0.29) is 16.2 Å². The molecule has 0 heterocycles. The normalized spacial score (nSPS) is 12.5. The van der Waals surface area contributed by atoms with E-state index in [1.54, 1.807) is 0 Å². The van der Waals surface area contributed by atoms with Crippen molar-refractivity contribution in [2.75, 3.05) is 13.2 Å². The summed E-state index contributed by atoms with van der Waals surface area (Å²) in [5.41, 5.74) is 5.15. The summed E-state index contributed by atoms with van der Waals surface area (Å²) in [4.78, 5) is 0. The first-order chi connectivity index (χ1) is 15.9. The van der Waals surface area contributed by atoms with Crippen LogP contribution < -0.4 is 9.47 Å². The first-order valence-electron chi connectivity index (χ1n) is 12.5. The molecule has 182 valence electrons. The number of hydrogen-bond acceptors (Lipinski definition) is 2. The van der Waals surface area contributed by atoms with Gasteiger partial charge in [0, 0.05) is 10.8 Å². The van der Waals surface area contributed by atoms with E-state index in [2.05, 4.69) is 128 Å². The van der Waals surface area contributed by atoms with Crippen LogP contribution in [0.25, 0.3) is 0 Å². The first kappa shape index (κ1) is 25.9. The molecule has 34 heavy (non-hydrogen) atoms. The van der Waals surface area contributed by atoms with Gasteiger partial charge in [0.15, 0.2) is 0 Å². The minimum absolute atomic E-state index is 0.0853. The van der Waals surface area contributed by atoms with Gasteiger partial charge in [0.25, 0.3) is 0 Å². The van der Waals surface area contributed by atoms with Gasteiger partial charge >= 0.3 is 0 Å². The summed E-state index contributed by atoms with van der Waals surface area (Å²) in [6, 6.07) is 26.2. The molecule has 0 aliphatic rings. The Morgan fingerprint density at radius 3 is 1.15 bits per heavy atom. The summed E-state index contributed by atoms with van der Waals surface area (Å²) in [5, 5.41) is 0. The number of benzene rings is 3. The molecule has 0 aromatic heterocycles. The predicted octanol–water partition coefficient (Wildman–Crippen LogP) is 8.55. The monoisotopic (exact) mass is 458 g/mol. The maximum absolute atomic E-state index is 5.96. The van der Waals surface area contributed by atoms with E-state index in [1.807, 2.05) is 0 Å². The van der Waals surface area contributed by atoms with E-state index in [9.17, 15) is 0 Å². The van der Waals surface area contributed by atoms with Gasteiger partial charge in [0.1, 0.15) is 11.5 Å². The van der Waals surface area contributed by atoms with Gasteiger partial charge in [-0.1, -0.05) is 104 Å². The van der Waals surface area contributed by atoms with E-state index >= 15 is 0 Å². The van der Waals surface area contributed by atoms with Crippen LogP contribution in [-0.2, 0) is 10.8 Å². The molecule has 0 amide bonds. The van der Waals surface area contributed by atoms with Gasteiger partial charge in [0.2, 0.25) is 0 Å². The molecule has 0 bridgehead atoms. The zero-order chi connectivity index (χ0) is 25.0. The second kappa shape index (κ2) is 10.3. The van der Waals surface area contributed by atoms with Crippen molar-refractivity contribution in [1.82, 2.24) is 0 Å². The van der Waals surface area contributed by atoms with Crippen LogP contribution in [0.15, 0.2) is 72.8 Å². The lowest BCUT2D eigenvalue weighted by atomic mass is 9.74. The maximum Gasteiger partial charge on any atom is 0.119 e. The third-order valence-corrected chi connectivity index (χ3v) is 6.62. The van der Waals surface area contributed by atoms with Crippen LogP contribution in [0.4, 0.5) is 0 Å². The summed E-state index contributed by atoms with van der Waals surface area (Å²) in [7, 11) is 0. The van der Waals surface area contributed by atoms with Crippen molar-refractivity contribution >= 4 is 0 Å². The fourth-order valence-corrected chi connectivity index (χ4v) is 4.09. The number of ether oxygens (including phenoxy) is 2. The molecule has 2 nitrogen and oxygen atoms in total. The highest BCUT2D eigenvalue weighted by molar-refractivity contribution is 5.45. The van der Waals surface area contributed by atoms with Gasteiger partial charge in [-0.3, -0.25) is 0 Å². The Bertz CT molecular complexity index is 1030. The molecule has 3 aromatic carbocycles. The molecule has 0 N–H and O–H groups in total. The molecule has 0 saturated carbocycles. The predicted molar refractivity (Wildman–Crippen MR) is 144 cm³/mol. The summed E-state index contributed by atoms with van der Waals surface area (Å²) in [6.45, 7) is 19.3. The number of rotatable bonds is 9. The average Bonchev–Trinajstić information content (AvgIpc) is 2.81. The van der Waals surface area contributed by atoms with E-state index in [1.165, 1.54) is 22.3 Å². The molecule has 0 unspecified atom stereocenters. The minimum Gasteiger partial charge on any atom is -0.494 e. The largest absolute Gasteiger partial charge is 0.494 e. The lowest BCUT2D eigenvalue weighted by Gasteiger charge is -2.30. The van der Waals surface area contributed by atoms with Crippen LogP contribution in [0.5, 0.6) is 11.5 Å². The Labute approximate surface area is 207 Å². The molecule has 3 aromatic rings. The third-order valence-electron chi connectivity index (χ3n) is 6.62. The van der Waals surface area contributed by atoms with E-state index < -0.39 is 0 Å². The SMILES string of the molecule is CCCOc1ccc(C(C)(C)c2ccc(C(C)(C)c3ccc(OCC(C)(C)C)cc3)cc2)cc1. The second-order valence-corrected chi connectivity index (χ2v) is 11.6. The van der Waals surface area contributed by atoms with Gasteiger partial charge < -0.3 is 9.47 Å². The fraction of sp³-hybridized carbons (Fsp3) is 0.438. The molecular weight excluding hydrogens is 416 g/mol. The van der Waals surface area contributed by atoms with Gasteiger partial charge in [-0.2, -0.15) is 0 Å². The van der Waals surface area contributed by atoms with Crippen LogP contribution >= 0.6 is 0 Å². The smallest absolute Gasteiger partial charge is 0.119 e. The quantitative estimate of drug-likeness (QED) is 0.320. The second-order valence-electron chi connectivity index (χ2n) is 11.6. The molecule has 0 atom stereocenters. The van der Waals surface area contributed by atoms with E-state index in [0.717, 1.165) is 24.5 Å². The van der Waals surface area contributed by atoms with Crippen molar-refractivity contribution in [3.63, 3.8) is 0 Å². The average molecular weight is 459 g/mol. The van der Waals surface area contributed by atoms with Crippen molar-refractivity contribution in [2.24, 2.45) is 5.41 Å². The molecule has 2 heteroatoms. The maximum atomic E-state index is 5.96. The molecular formula is C32H42O2. The molecule has 0 radical (unpaired) electrons. The van der Waals surface area contributed by atoms with Crippen molar-refractivity contribution in [1.29, 1.82) is 0 Å². The molecule has 0 saturated heterocycles. The van der Waals surface area contributed by atoms with Crippen LogP contribution in [0.1, 0.15) is 84.1 Å². The van der Waals surface area contributed by atoms with Crippen LogP contribution in [0.2, 0.25) is 0 Å². The topological polar surface area (TPSA) is 18.5 Å². The standard InChI is InChI=1S/C32H42O2/c1-9-22-33-28-18-14-26(15-19-28)31(5,6)24-10-12-25(13-11-24)32(7,8)27-16-20-29(21-17-27)34-23-30(2,3)4/h10-21H,9,22-23H2,1-8H3. The van der Waals surface area contributed by atoms with Gasteiger partial charge in [-0.25, -0.2) is 0 Å². The zero-order valence-electron chi connectivity index (χ0n) is 22.4. The summed E-state index contributed by atoms with van der Waals surface area (Å²) >= 11 is 0. The van der Waals surface area contributed by atoms with Crippen molar-refractivity contribution in [2.45, 2.75) is 72.6 Å². The highest BCUT2D eigenvalue weighted by Gasteiger charge is 2.26. The van der Waals surface area contributed by atoms with Crippen LogP contribution in [0, 0.1) is 5.41 Å². The summed E-state index contributed by atoms with van der Waals surface area (Å²) in [6.07, 6.45) is 1.02. The summed E-state index contributed by atoms with van der Waals surface area (Å²) < 4.78 is 11.7. The fourth-order valence-electron chi connectivity index (χ4n) is 4.09. The minimum atomic E-state index is -0.0938. The number of hydrogen-bond donors (Lipinski definition) is 0. The first-order valence-corrected chi connectivity index (χ1v) is 12.5. The Morgan fingerprint density at radius 1 is 0.500 bits per heavy atom. The van der Waals surface area contributed by atoms with Crippen molar-refractivity contribution < 1.29 is 9.47 Å². The molecule has 0 fully saturated rings. The highest BCUT2D eigenvalue weighted by Crippen LogP contribution is 2.36. The van der Waals surface area contributed by atoms with Gasteiger partial charge in [0.05, 0.1) is 13.2 Å². The van der Waals surface area contributed by atoms with Gasteiger partial charge in [-0.05, 0) is 58.4 Å². The third kappa shape index (κ3) is 6.23. The Kier molecular flexibility index (Phi) is 7.81. The lowest BCUT2D eigenvalue weighted by molar-refractivity contribution is 0.198.